The Bertz CT molecular complexity index is 473. The fraction of sp³-hybridized carbons (Fsp3) is 0.727. The van der Waals surface area contributed by atoms with Crippen molar-refractivity contribution in [3.8, 4) is 0 Å². The molecule has 0 saturated heterocycles. The molecule has 0 amide bonds. The fourth-order valence-electron chi connectivity index (χ4n) is 3.87. The van der Waals surface area contributed by atoms with Crippen LogP contribution in [-0.4, -0.2) is 24.6 Å². The third-order valence-corrected chi connectivity index (χ3v) is 14.5. The van der Waals surface area contributed by atoms with Crippen molar-refractivity contribution in [1.82, 2.24) is 0 Å². The normalized spacial score (nSPS) is 14.0. The van der Waals surface area contributed by atoms with Crippen molar-refractivity contribution in [1.29, 1.82) is 0 Å². The molecule has 1 aromatic carbocycles. The molecule has 0 aliphatic heterocycles. The van der Waals surface area contributed by atoms with Gasteiger partial charge in [0.2, 0.25) is 0 Å². The Balaban J connectivity index is 3.27. The minimum absolute atomic E-state index is 0.859. The van der Waals surface area contributed by atoms with E-state index in [1.807, 2.05) is 30.3 Å². The van der Waals surface area contributed by atoms with E-state index in [-0.39, 0.29) is 0 Å². The first-order valence-corrected chi connectivity index (χ1v) is 14.8. The third kappa shape index (κ3) is 7.03. The molecule has 0 fully saturated rings. The van der Waals surface area contributed by atoms with Crippen LogP contribution in [-0.2, 0) is 8.88 Å². The van der Waals surface area contributed by atoms with Crippen molar-refractivity contribution in [3.05, 3.63) is 30.3 Å². The van der Waals surface area contributed by atoms with Gasteiger partial charge in [-0.15, -0.1) is 0 Å². The molecule has 150 valence electrons. The molecule has 0 radical (unpaired) electrons. The van der Waals surface area contributed by atoms with E-state index in [0.29, 0.717) is 0 Å². The van der Waals surface area contributed by atoms with E-state index in [1.165, 1.54) is 51.4 Å². The summed E-state index contributed by atoms with van der Waals surface area (Å²) in [5.74, 6) is 0. The molecule has 0 aliphatic rings. The molecule has 1 aromatic rings. The predicted octanol–water partition coefficient (Wildman–Crippen LogP) is 7.74. The van der Waals surface area contributed by atoms with Gasteiger partial charge >= 0.3 is 163 Å². The summed E-state index contributed by atoms with van der Waals surface area (Å²) in [5.41, 5.74) is 0. The Morgan fingerprint density at radius 3 is 1.46 bits per heavy atom. The van der Waals surface area contributed by atoms with Gasteiger partial charge in [0.05, 0.1) is 0 Å². The van der Waals surface area contributed by atoms with Crippen molar-refractivity contribution in [2.24, 2.45) is 0 Å². The monoisotopic (exact) mass is 399 g/mol. The van der Waals surface area contributed by atoms with E-state index in [0.717, 1.165) is 30.0 Å². The number of unbranched alkanes of at least 4 members (excludes halogenated alkanes) is 4. The first kappa shape index (κ1) is 23.7. The number of hydrogen-bond acceptors (Lipinski definition) is 2. The molecule has 1 atom stereocenters. The second-order valence-electron chi connectivity index (χ2n) is 7.84. The summed E-state index contributed by atoms with van der Waals surface area (Å²) < 4.78 is 20.1. The van der Waals surface area contributed by atoms with E-state index in [9.17, 15) is 4.57 Å². The van der Waals surface area contributed by atoms with Crippen molar-refractivity contribution in [3.63, 3.8) is 0 Å². The van der Waals surface area contributed by atoms with Gasteiger partial charge < -0.3 is 0 Å². The average molecular weight is 400 g/mol. The van der Waals surface area contributed by atoms with Crippen LogP contribution in [0.2, 0.25) is 0 Å². The quantitative estimate of drug-likeness (QED) is 0.282. The van der Waals surface area contributed by atoms with Gasteiger partial charge in [-0.3, -0.25) is 0 Å². The van der Waals surface area contributed by atoms with Gasteiger partial charge in [-0.05, 0) is 0 Å². The molecule has 1 unspecified atom stereocenters. The summed E-state index contributed by atoms with van der Waals surface area (Å²) in [5, 5.41) is 0.859. The van der Waals surface area contributed by atoms with Crippen molar-refractivity contribution in [2.75, 3.05) is 24.6 Å². The second-order valence-corrected chi connectivity index (χ2v) is 15.0. The maximum absolute atomic E-state index is 13.3. The molecule has 0 spiro atoms. The van der Waals surface area contributed by atoms with E-state index in [2.05, 4.69) is 27.7 Å². The van der Waals surface area contributed by atoms with Gasteiger partial charge in [-0.25, -0.2) is 0 Å². The Morgan fingerprint density at radius 1 is 0.731 bits per heavy atom. The Labute approximate surface area is 163 Å². The average Bonchev–Trinajstić information content (AvgIpc) is 2.69. The molecule has 2 nitrogen and oxygen atoms in total. The molecule has 0 aliphatic carbocycles. The Hall–Kier alpha value is -0.290. The van der Waals surface area contributed by atoms with Crippen LogP contribution < -0.4 is 5.30 Å². The van der Waals surface area contributed by atoms with E-state index < -0.39 is 14.9 Å². The summed E-state index contributed by atoms with van der Waals surface area (Å²) >= 11 is 0. The third-order valence-electron chi connectivity index (χ3n) is 5.58. The first-order chi connectivity index (χ1) is 12.5. The van der Waals surface area contributed by atoms with E-state index >= 15 is 0 Å². The van der Waals surface area contributed by atoms with Crippen LogP contribution in [0.3, 0.4) is 0 Å². The van der Waals surface area contributed by atoms with Crippen molar-refractivity contribution >= 4 is 20.2 Å². The number of hydrogen-bond donors (Lipinski definition) is 0. The van der Waals surface area contributed by atoms with Gasteiger partial charge in [0.15, 0.2) is 0 Å². The van der Waals surface area contributed by atoms with Crippen LogP contribution in [0.15, 0.2) is 30.3 Å². The van der Waals surface area contributed by atoms with Gasteiger partial charge in [-0.1, -0.05) is 0 Å². The standard InChI is InChI=1S/C22H41O2P2/c1-5-9-18-26(19-10-6-2,20-11-7-3,21-12-8-4)24-25(23)22-16-14-13-15-17-22/h13-17H,5-12,18-21H2,1-4H3/q+1. The zero-order chi connectivity index (χ0) is 19.3. The minimum atomic E-state index is -2.46. The molecule has 0 saturated carbocycles. The van der Waals surface area contributed by atoms with Gasteiger partial charge in [0, 0.05) is 0 Å². The molecule has 4 heteroatoms. The predicted molar refractivity (Wildman–Crippen MR) is 121 cm³/mol. The van der Waals surface area contributed by atoms with Crippen LogP contribution in [0.1, 0.15) is 79.1 Å². The van der Waals surface area contributed by atoms with Gasteiger partial charge in [0.1, 0.15) is 0 Å². The summed E-state index contributed by atoms with van der Waals surface area (Å²) in [7, 11) is -1.77. The van der Waals surface area contributed by atoms with E-state index in [1.54, 1.807) is 0 Å². The molecule has 0 N–H and O–H groups in total. The summed E-state index contributed by atoms with van der Waals surface area (Å²) in [6.07, 6.45) is 14.2. The first-order valence-electron chi connectivity index (χ1n) is 10.8. The Morgan fingerprint density at radius 2 is 1.12 bits per heavy atom. The maximum atomic E-state index is 13.3. The summed E-state index contributed by atoms with van der Waals surface area (Å²) in [6, 6.07) is 9.84. The fourth-order valence-corrected chi connectivity index (χ4v) is 13.5. The van der Waals surface area contributed by atoms with Crippen LogP contribution in [0.25, 0.3) is 0 Å². The summed E-state index contributed by atoms with van der Waals surface area (Å²) in [4.78, 5) is 0. The summed E-state index contributed by atoms with van der Waals surface area (Å²) in [6.45, 7) is 6.61. The molecule has 0 bridgehead atoms. The zero-order valence-corrected chi connectivity index (χ0v) is 19.4. The van der Waals surface area contributed by atoms with Crippen LogP contribution in [0, 0.1) is 0 Å². The van der Waals surface area contributed by atoms with E-state index in [4.69, 9.17) is 4.31 Å². The molecule has 26 heavy (non-hydrogen) atoms. The number of rotatable bonds is 15. The van der Waals surface area contributed by atoms with Crippen LogP contribution >= 0.6 is 14.9 Å². The van der Waals surface area contributed by atoms with Crippen molar-refractivity contribution in [2.45, 2.75) is 79.1 Å². The SMILES string of the molecule is CCCCP(CCCC)(CCCC)(CCCC)O[P+](=O)c1ccccc1. The molecule has 0 heterocycles. The molecular formula is C22H41O2P2+. The second kappa shape index (κ2) is 12.2. The molecule has 0 aromatic heterocycles. The van der Waals surface area contributed by atoms with Gasteiger partial charge in [-0.2, -0.15) is 0 Å². The topological polar surface area (TPSA) is 26.3 Å². The van der Waals surface area contributed by atoms with Crippen LogP contribution in [0.4, 0.5) is 0 Å². The molecular weight excluding hydrogens is 358 g/mol. The number of benzene rings is 1. The van der Waals surface area contributed by atoms with Crippen LogP contribution in [0.5, 0.6) is 0 Å². The zero-order valence-electron chi connectivity index (χ0n) is 17.6. The van der Waals surface area contributed by atoms with Gasteiger partial charge in [0.25, 0.3) is 0 Å². The van der Waals surface area contributed by atoms with Crippen molar-refractivity contribution < 1.29 is 8.88 Å². The Kier molecular flexibility index (Phi) is 11.2. The molecule has 1 rings (SSSR count).